The maximum Gasteiger partial charge on any atom is 0.272 e. The Labute approximate surface area is 407 Å². The summed E-state index contributed by atoms with van der Waals surface area (Å²) in [4.78, 5) is 27.5. The van der Waals surface area contributed by atoms with Gasteiger partial charge in [0, 0.05) is 51.9 Å². The van der Waals surface area contributed by atoms with E-state index in [9.17, 15) is 19.8 Å². The maximum atomic E-state index is 13.8. The fraction of sp³-hybridized carbons (Fsp3) is 0.552. The predicted octanol–water partition coefficient (Wildman–Crippen LogP) is 10.8. The maximum absolute atomic E-state index is 13.8. The first-order valence-corrected chi connectivity index (χ1v) is 25.2. The van der Waals surface area contributed by atoms with Gasteiger partial charge in [-0.3, -0.25) is 20.4 Å². The molecular formula is C58H80N4O6. The number of nitrogens with zero attached hydrogens (tertiary/aromatic N) is 2. The monoisotopic (exact) mass is 929 g/mol. The minimum atomic E-state index is -0.274. The minimum Gasteiger partial charge on any atom is -0.507 e. The highest BCUT2D eigenvalue weighted by atomic mass is 16.5. The first-order valence-electron chi connectivity index (χ1n) is 25.2. The smallest absolute Gasteiger partial charge is 0.272 e. The number of phenols is 2. The second kappa shape index (κ2) is 20.1. The van der Waals surface area contributed by atoms with Gasteiger partial charge in [0.05, 0.1) is 0 Å². The van der Waals surface area contributed by atoms with Crippen LogP contribution in [-0.4, -0.2) is 71.4 Å². The van der Waals surface area contributed by atoms with Gasteiger partial charge in [0.2, 0.25) is 0 Å². The van der Waals surface area contributed by atoms with E-state index in [4.69, 9.17) is 9.47 Å². The van der Waals surface area contributed by atoms with E-state index in [1.54, 1.807) is 0 Å². The number of fused-ring (bicyclic) bond motifs is 8. The molecule has 4 aromatic rings. The third-order valence-corrected chi connectivity index (χ3v) is 14.0. The average Bonchev–Trinajstić information content (AvgIpc) is 3.24. The number of nitrogens with one attached hydrogen (secondary N) is 2. The Kier molecular flexibility index (Phi) is 15.0. The van der Waals surface area contributed by atoms with Crippen LogP contribution in [0.4, 0.5) is 0 Å². The van der Waals surface area contributed by atoms with Gasteiger partial charge >= 0.3 is 0 Å². The van der Waals surface area contributed by atoms with Gasteiger partial charge in [-0.1, -0.05) is 144 Å². The van der Waals surface area contributed by atoms with Crippen molar-refractivity contribution in [2.75, 3.05) is 39.4 Å². The standard InChI is InChI=1S/C58H80N4O6/c1-55(2,3)45-27-37-23-38-28-46(56(4,5)6)30-40(52(38)66)25-42-32-48(58(10,11)12)34-44(54(42)68-36-50(64)60-62-21-17-14-18-22-62)26-43-33-47(57(7,8)9)31-41(24-39(29-45)51(37)65)53(43)67-35-49(63)59-61-19-15-13-16-20-61/h27-34,65-66H,13-26,35-36H2,1-12H3,(H,59,63)(H,60,64). The minimum absolute atomic E-state index is 0.183. The summed E-state index contributed by atoms with van der Waals surface area (Å²) in [5.41, 5.74) is 15.8. The number of phenolic OH excluding ortho intramolecular Hbond substituents is 2. The summed E-state index contributed by atoms with van der Waals surface area (Å²) in [5, 5.41) is 28.9. The summed E-state index contributed by atoms with van der Waals surface area (Å²) in [5.74, 6) is 1.11. The Hall–Kier alpha value is -5.06. The van der Waals surface area contributed by atoms with E-state index < -0.39 is 0 Å². The number of hydrogen-bond donors (Lipinski definition) is 4. The number of piperidine rings is 2. The van der Waals surface area contributed by atoms with Gasteiger partial charge in [0.25, 0.3) is 11.8 Å². The number of amides is 2. The molecule has 68 heavy (non-hydrogen) atoms. The molecule has 10 nitrogen and oxygen atoms in total. The lowest BCUT2D eigenvalue weighted by atomic mass is 9.79. The number of hydrogen-bond acceptors (Lipinski definition) is 8. The topological polar surface area (TPSA) is 124 Å². The van der Waals surface area contributed by atoms with Crippen LogP contribution in [0.15, 0.2) is 48.5 Å². The van der Waals surface area contributed by atoms with Crippen molar-refractivity contribution in [2.24, 2.45) is 0 Å². The van der Waals surface area contributed by atoms with Gasteiger partial charge in [0.15, 0.2) is 13.2 Å². The normalized spacial score (nSPS) is 16.5. The quantitative estimate of drug-likeness (QED) is 0.121. The van der Waals surface area contributed by atoms with Crippen LogP contribution >= 0.6 is 0 Å². The lowest BCUT2D eigenvalue weighted by molar-refractivity contribution is -0.129. The molecule has 4 aromatic carbocycles. The highest BCUT2D eigenvalue weighted by Gasteiger charge is 2.29. The van der Waals surface area contributed by atoms with Crippen LogP contribution in [0.1, 0.15) is 188 Å². The Bertz CT molecular complexity index is 2320. The molecule has 2 saturated heterocycles. The summed E-state index contributed by atoms with van der Waals surface area (Å²) < 4.78 is 13.6. The highest BCUT2D eigenvalue weighted by Crippen LogP contribution is 2.44. The van der Waals surface area contributed by atoms with Crippen molar-refractivity contribution >= 4 is 11.8 Å². The van der Waals surface area contributed by atoms with E-state index in [1.807, 2.05) is 10.0 Å². The van der Waals surface area contributed by atoms with Crippen molar-refractivity contribution < 1.29 is 29.3 Å². The molecule has 0 aromatic heterocycles. The second-order valence-corrected chi connectivity index (χ2v) is 24.0. The number of aromatic hydroxyl groups is 2. The lowest BCUT2D eigenvalue weighted by Gasteiger charge is -2.29. The van der Waals surface area contributed by atoms with E-state index in [-0.39, 0.29) is 58.2 Å². The summed E-state index contributed by atoms with van der Waals surface area (Å²) in [6, 6.07) is 17.1. The van der Waals surface area contributed by atoms with Crippen molar-refractivity contribution in [2.45, 2.75) is 169 Å². The van der Waals surface area contributed by atoms with Crippen LogP contribution in [0, 0.1) is 0 Å². The van der Waals surface area contributed by atoms with Crippen LogP contribution in [0.5, 0.6) is 23.0 Å². The van der Waals surface area contributed by atoms with Gasteiger partial charge in [0.1, 0.15) is 23.0 Å². The molecule has 0 saturated carbocycles. The number of ether oxygens (including phenoxy) is 2. The van der Waals surface area contributed by atoms with Crippen LogP contribution in [0.2, 0.25) is 0 Å². The number of carbonyl (C=O) groups excluding carboxylic acids is 2. The first-order chi connectivity index (χ1) is 31.8. The van der Waals surface area contributed by atoms with Crippen molar-refractivity contribution in [1.82, 2.24) is 20.9 Å². The zero-order valence-electron chi connectivity index (χ0n) is 43.4. The van der Waals surface area contributed by atoms with Gasteiger partial charge in [-0.25, -0.2) is 10.0 Å². The van der Waals surface area contributed by atoms with Crippen LogP contribution < -0.4 is 20.3 Å². The van der Waals surface area contributed by atoms with Gasteiger partial charge in [-0.15, -0.1) is 0 Å². The van der Waals surface area contributed by atoms with Gasteiger partial charge < -0.3 is 19.7 Å². The number of hydrazine groups is 2. The van der Waals surface area contributed by atoms with Crippen molar-refractivity contribution in [3.63, 3.8) is 0 Å². The zero-order valence-corrected chi connectivity index (χ0v) is 43.4. The van der Waals surface area contributed by atoms with E-state index >= 15 is 0 Å². The molecule has 0 atom stereocenters. The molecule has 7 rings (SSSR count). The van der Waals surface area contributed by atoms with Crippen LogP contribution in [-0.2, 0) is 56.9 Å². The van der Waals surface area contributed by atoms with Crippen LogP contribution in [0.25, 0.3) is 0 Å². The molecule has 2 heterocycles. The molecule has 4 N–H and O–H groups in total. The SMILES string of the molecule is CC(C)(C)c1cc2c(O)c(c1)Cc1cc(C(C)(C)C)cc(c1OCC(=O)NN1CCCCC1)Cc1cc(C(C)(C)C)cc(c1OCC(=O)NN1CCCCC1)Cc1cc(C(C)(C)C)cc(c1O)C2. The molecule has 2 fully saturated rings. The third-order valence-electron chi connectivity index (χ3n) is 14.0. The largest absolute Gasteiger partial charge is 0.507 e. The van der Waals surface area contributed by atoms with Gasteiger partial charge in [-0.2, -0.15) is 0 Å². The Morgan fingerprint density at radius 1 is 0.426 bits per heavy atom. The molecule has 0 spiro atoms. The van der Waals surface area contributed by atoms with Crippen molar-refractivity contribution in [3.05, 3.63) is 115 Å². The highest BCUT2D eigenvalue weighted by molar-refractivity contribution is 5.78. The fourth-order valence-corrected chi connectivity index (χ4v) is 9.72. The van der Waals surface area contributed by atoms with Gasteiger partial charge in [-0.05, 0) is 114 Å². The summed E-state index contributed by atoms with van der Waals surface area (Å²) in [6.07, 6.45) is 7.75. The van der Waals surface area contributed by atoms with Crippen molar-refractivity contribution in [3.8, 4) is 23.0 Å². The fourth-order valence-electron chi connectivity index (χ4n) is 9.72. The third kappa shape index (κ3) is 12.4. The molecular weight excluding hydrogens is 849 g/mol. The molecule has 3 aliphatic rings. The number of carbonyl (C=O) groups is 2. The van der Waals surface area contributed by atoms with E-state index in [0.717, 1.165) is 131 Å². The zero-order chi connectivity index (χ0) is 49.3. The summed E-state index contributed by atoms with van der Waals surface area (Å²) in [6.45, 7) is 29.1. The average molecular weight is 929 g/mol. The molecule has 0 radical (unpaired) electrons. The molecule has 1 aliphatic carbocycles. The van der Waals surface area contributed by atoms with Crippen molar-refractivity contribution in [1.29, 1.82) is 0 Å². The van der Waals surface area contributed by atoms with Crippen LogP contribution in [0.3, 0.4) is 0 Å². The summed E-state index contributed by atoms with van der Waals surface area (Å²) >= 11 is 0. The first kappa shape index (κ1) is 50.8. The van der Waals surface area contributed by atoms with E-state index in [0.29, 0.717) is 37.2 Å². The Morgan fingerprint density at radius 2 is 0.662 bits per heavy atom. The molecule has 2 amide bonds. The molecule has 2 aliphatic heterocycles. The Morgan fingerprint density at radius 3 is 0.926 bits per heavy atom. The Balaban J connectivity index is 1.49. The molecule has 0 unspecified atom stereocenters. The summed E-state index contributed by atoms with van der Waals surface area (Å²) in [7, 11) is 0. The second-order valence-electron chi connectivity index (χ2n) is 24.0. The number of rotatable bonds is 8. The number of benzene rings is 4. The molecule has 8 bridgehead atoms. The van der Waals surface area contributed by atoms with E-state index in [1.165, 1.54) is 0 Å². The predicted molar refractivity (Wildman–Crippen MR) is 273 cm³/mol. The molecule has 10 heteroatoms. The lowest BCUT2D eigenvalue weighted by Crippen LogP contribution is -2.46. The molecule has 368 valence electrons. The van der Waals surface area contributed by atoms with E-state index in [2.05, 4.69) is 142 Å².